The molecule has 7 heteroatoms. The van der Waals surface area contributed by atoms with E-state index >= 15 is 0 Å². The molecule has 122 valence electrons. The predicted octanol–water partition coefficient (Wildman–Crippen LogP) is 3.40. The second-order valence-electron chi connectivity index (χ2n) is 6.27. The molecule has 2 rings (SSSR count). The lowest BCUT2D eigenvalue weighted by Gasteiger charge is -2.32. The smallest absolute Gasteiger partial charge is 0.494 e. The first-order valence-corrected chi connectivity index (χ1v) is 7.17. The average molecular weight is 316 g/mol. The van der Waals surface area contributed by atoms with Gasteiger partial charge in [0.05, 0.1) is 23.4 Å². The zero-order chi connectivity index (χ0) is 16.8. The van der Waals surface area contributed by atoms with Gasteiger partial charge in [-0.05, 0) is 40.7 Å². The third-order valence-electron chi connectivity index (χ3n) is 4.15. The molecule has 0 amide bonds. The minimum absolute atomic E-state index is 0.135. The summed E-state index contributed by atoms with van der Waals surface area (Å²) in [5.74, 6) is 0.135. The van der Waals surface area contributed by atoms with Crippen LogP contribution in [0, 0.1) is 0 Å². The molecule has 0 bridgehead atoms. The first kappa shape index (κ1) is 17.2. The van der Waals surface area contributed by atoms with Gasteiger partial charge in [0.1, 0.15) is 5.75 Å². The third kappa shape index (κ3) is 3.10. The summed E-state index contributed by atoms with van der Waals surface area (Å²) in [5.41, 5.74) is -1.42. The summed E-state index contributed by atoms with van der Waals surface area (Å²) < 4.78 is 55.7. The fourth-order valence-electron chi connectivity index (χ4n) is 2.16. The van der Waals surface area contributed by atoms with Crippen molar-refractivity contribution < 1.29 is 27.2 Å². The molecule has 0 aliphatic carbocycles. The Morgan fingerprint density at radius 2 is 1.64 bits per heavy atom. The largest absolute Gasteiger partial charge is 0.498 e. The molecule has 1 aliphatic heterocycles. The van der Waals surface area contributed by atoms with E-state index in [-0.39, 0.29) is 12.4 Å². The highest BCUT2D eigenvalue weighted by atomic mass is 19.4. The zero-order valence-electron chi connectivity index (χ0n) is 13.4. The summed E-state index contributed by atoms with van der Waals surface area (Å²) in [6.07, 6.45) is -4.42. The Bertz CT molecular complexity index is 539. The van der Waals surface area contributed by atoms with Crippen molar-refractivity contribution >= 4 is 12.6 Å². The summed E-state index contributed by atoms with van der Waals surface area (Å²) >= 11 is 0. The van der Waals surface area contributed by atoms with Crippen LogP contribution in [0.5, 0.6) is 5.75 Å². The molecule has 1 heterocycles. The molecule has 0 saturated carbocycles. The van der Waals surface area contributed by atoms with Gasteiger partial charge in [-0.2, -0.15) is 13.2 Å². The number of rotatable bonds is 3. The standard InChI is InChI=1S/C15H20BF3O3/c1-6-20-12-9-10(15(17,18)19)7-8-11(12)16-21-13(2,3)14(4,5)22-16/h7-9H,6H2,1-5H3. The summed E-state index contributed by atoms with van der Waals surface area (Å²) in [4.78, 5) is 0. The number of hydrogen-bond acceptors (Lipinski definition) is 3. The second-order valence-corrected chi connectivity index (χ2v) is 6.27. The van der Waals surface area contributed by atoms with Crippen LogP contribution in [0.3, 0.4) is 0 Å². The summed E-state index contributed by atoms with van der Waals surface area (Å²) in [5, 5.41) is 0. The molecule has 1 aliphatic rings. The van der Waals surface area contributed by atoms with Gasteiger partial charge in [0.15, 0.2) is 0 Å². The average Bonchev–Trinajstić information content (AvgIpc) is 2.57. The maximum atomic E-state index is 12.8. The van der Waals surface area contributed by atoms with E-state index in [4.69, 9.17) is 14.0 Å². The summed E-state index contributed by atoms with van der Waals surface area (Å²) in [6.45, 7) is 9.52. The Balaban J connectivity index is 2.40. The van der Waals surface area contributed by atoms with Crippen LogP contribution < -0.4 is 10.2 Å². The lowest BCUT2D eigenvalue weighted by atomic mass is 9.78. The van der Waals surface area contributed by atoms with Crippen LogP contribution in [0.2, 0.25) is 0 Å². The van der Waals surface area contributed by atoms with Crippen molar-refractivity contribution in [3.8, 4) is 5.75 Å². The van der Waals surface area contributed by atoms with Crippen LogP contribution in [0.15, 0.2) is 18.2 Å². The minimum Gasteiger partial charge on any atom is -0.494 e. The van der Waals surface area contributed by atoms with Crippen molar-refractivity contribution in [2.75, 3.05) is 6.61 Å². The van der Waals surface area contributed by atoms with E-state index in [0.717, 1.165) is 12.1 Å². The number of hydrogen-bond donors (Lipinski definition) is 0. The topological polar surface area (TPSA) is 27.7 Å². The van der Waals surface area contributed by atoms with Gasteiger partial charge >= 0.3 is 13.3 Å². The van der Waals surface area contributed by atoms with Gasteiger partial charge in [-0.3, -0.25) is 0 Å². The molecule has 22 heavy (non-hydrogen) atoms. The molecule has 0 atom stereocenters. The number of benzene rings is 1. The van der Waals surface area contributed by atoms with Crippen molar-refractivity contribution in [3.05, 3.63) is 23.8 Å². The maximum absolute atomic E-state index is 12.8. The Morgan fingerprint density at radius 3 is 2.09 bits per heavy atom. The van der Waals surface area contributed by atoms with Crippen LogP contribution >= 0.6 is 0 Å². The molecule has 1 aromatic carbocycles. The van der Waals surface area contributed by atoms with Crippen molar-refractivity contribution in [2.24, 2.45) is 0 Å². The molecule has 1 fully saturated rings. The molecular weight excluding hydrogens is 296 g/mol. The molecule has 0 N–H and O–H groups in total. The van der Waals surface area contributed by atoms with Gasteiger partial charge in [0.25, 0.3) is 0 Å². The Hall–Kier alpha value is -1.21. The fourth-order valence-corrected chi connectivity index (χ4v) is 2.16. The van der Waals surface area contributed by atoms with E-state index in [1.807, 2.05) is 27.7 Å². The van der Waals surface area contributed by atoms with Crippen LogP contribution in [0.4, 0.5) is 13.2 Å². The number of halogens is 3. The minimum atomic E-state index is -4.42. The van der Waals surface area contributed by atoms with Crippen LogP contribution in [-0.4, -0.2) is 24.9 Å². The van der Waals surface area contributed by atoms with Crippen molar-refractivity contribution in [2.45, 2.75) is 52.0 Å². The molecule has 1 saturated heterocycles. The SMILES string of the molecule is CCOc1cc(C(F)(F)F)ccc1B1OC(C)(C)C(C)(C)O1. The quantitative estimate of drug-likeness (QED) is 0.800. The Kier molecular flexibility index (Phi) is 4.26. The normalized spacial score (nSPS) is 20.3. The van der Waals surface area contributed by atoms with Gasteiger partial charge in [0, 0.05) is 5.46 Å². The summed E-state index contributed by atoms with van der Waals surface area (Å²) in [7, 11) is -0.756. The number of ether oxygens (including phenoxy) is 1. The van der Waals surface area contributed by atoms with E-state index in [9.17, 15) is 13.2 Å². The van der Waals surface area contributed by atoms with Crippen LogP contribution in [0.1, 0.15) is 40.2 Å². The Labute approximate surface area is 128 Å². The van der Waals surface area contributed by atoms with Gasteiger partial charge in [-0.25, -0.2) is 0 Å². The molecule has 0 aromatic heterocycles. The highest BCUT2D eigenvalue weighted by molar-refractivity contribution is 6.63. The lowest BCUT2D eigenvalue weighted by molar-refractivity contribution is -0.137. The summed E-state index contributed by atoms with van der Waals surface area (Å²) in [6, 6.07) is 3.36. The van der Waals surface area contributed by atoms with Gasteiger partial charge in [-0.15, -0.1) is 0 Å². The molecule has 3 nitrogen and oxygen atoms in total. The lowest BCUT2D eigenvalue weighted by Crippen LogP contribution is -2.41. The Morgan fingerprint density at radius 1 is 1.09 bits per heavy atom. The van der Waals surface area contributed by atoms with Crippen molar-refractivity contribution in [1.29, 1.82) is 0 Å². The third-order valence-corrected chi connectivity index (χ3v) is 4.15. The molecule has 0 radical (unpaired) electrons. The van der Waals surface area contributed by atoms with Gasteiger partial charge < -0.3 is 14.0 Å². The molecule has 0 unspecified atom stereocenters. The van der Waals surface area contributed by atoms with E-state index < -0.39 is 30.1 Å². The molecular formula is C15H20BF3O3. The van der Waals surface area contributed by atoms with Gasteiger partial charge in [-0.1, -0.05) is 12.1 Å². The number of alkyl halides is 3. The predicted molar refractivity (Wildman–Crippen MR) is 78.3 cm³/mol. The highest BCUT2D eigenvalue weighted by Crippen LogP contribution is 2.38. The van der Waals surface area contributed by atoms with E-state index in [1.165, 1.54) is 6.07 Å². The monoisotopic (exact) mass is 316 g/mol. The van der Waals surface area contributed by atoms with E-state index in [1.54, 1.807) is 6.92 Å². The van der Waals surface area contributed by atoms with Gasteiger partial charge in [0.2, 0.25) is 0 Å². The first-order chi connectivity index (χ1) is 9.98. The van der Waals surface area contributed by atoms with Crippen LogP contribution in [-0.2, 0) is 15.5 Å². The van der Waals surface area contributed by atoms with Crippen molar-refractivity contribution in [1.82, 2.24) is 0 Å². The second kappa shape index (κ2) is 5.46. The van der Waals surface area contributed by atoms with E-state index in [2.05, 4.69) is 0 Å². The van der Waals surface area contributed by atoms with Crippen molar-refractivity contribution in [3.63, 3.8) is 0 Å². The zero-order valence-corrected chi connectivity index (χ0v) is 13.4. The molecule has 0 spiro atoms. The first-order valence-electron chi connectivity index (χ1n) is 7.17. The molecule has 1 aromatic rings. The van der Waals surface area contributed by atoms with Crippen LogP contribution in [0.25, 0.3) is 0 Å². The maximum Gasteiger partial charge on any atom is 0.498 e. The highest BCUT2D eigenvalue weighted by Gasteiger charge is 2.52. The van der Waals surface area contributed by atoms with E-state index in [0.29, 0.717) is 5.46 Å². The fraction of sp³-hybridized carbons (Fsp3) is 0.600.